The number of benzene rings is 3. The molecule has 1 fully saturated rings. The van der Waals surface area contributed by atoms with Crippen LogP contribution in [0.5, 0.6) is 11.5 Å². The molecule has 3 aromatic rings. The lowest BCUT2D eigenvalue weighted by Crippen LogP contribution is -2.30. The Morgan fingerprint density at radius 1 is 1.03 bits per heavy atom. The minimum Gasteiger partial charge on any atom is -0.508 e. The maximum Gasteiger partial charge on any atom is 0.300 e. The number of aromatic hydroxyl groups is 1. The molecule has 1 unspecified atom stereocenters. The lowest BCUT2D eigenvalue weighted by Gasteiger charge is -2.27. The van der Waals surface area contributed by atoms with Crippen LogP contribution in [0, 0.1) is 13.8 Å². The van der Waals surface area contributed by atoms with Crippen molar-refractivity contribution in [2.24, 2.45) is 0 Å². The molecule has 168 valence electrons. The zero-order valence-corrected chi connectivity index (χ0v) is 19.1. The van der Waals surface area contributed by atoms with Gasteiger partial charge in [-0.15, -0.1) is 0 Å². The number of hydrogen-bond acceptors (Lipinski definition) is 5. The molecule has 7 heteroatoms. The van der Waals surface area contributed by atoms with E-state index >= 15 is 0 Å². The Bertz CT molecular complexity index is 1300. The van der Waals surface area contributed by atoms with Crippen LogP contribution in [-0.2, 0) is 9.59 Å². The van der Waals surface area contributed by atoms with Gasteiger partial charge in [0.25, 0.3) is 11.7 Å². The number of ether oxygens (including phenoxy) is 1. The maximum atomic E-state index is 13.3. The summed E-state index contributed by atoms with van der Waals surface area (Å²) in [5.41, 5.74) is 2.98. The van der Waals surface area contributed by atoms with Gasteiger partial charge in [-0.05, 0) is 66.9 Å². The molecule has 33 heavy (non-hydrogen) atoms. The van der Waals surface area contributed by atoms with Gasteiger partial charge in [-0.2, -0.15) is 0 Å². The first-order valence-corrected chi connectivity index (χ1v) is 10.6. The number of phenols is 1. The number of methoxy groups -OCH3 is 1. The van der Waals surface area contributed by atoms with E-state index < -0.39 is 23.5 Å². The minimum atomic E-state index is -0.923. The van der Waals surface area contributed by atoms with Gasteiger partial charge in [-0.25, -0.2) is 0 Å². The smallest absolute Gasteiger partial charge is 0.300 e. The topological polar surface area (TPSA) is 87.1 Å². The van der Waals surface area contributed by atoms with Gasteiger partial charge >= 0.3 is 0 Å². The highest BCUT2D eigenvalue weighted by Crippen LogP contribution is 2.44. The average Bonchev–Trinajstić information content (AvgIpc) is 3.06. The molecule has 1 amide bonds. The van der Waals surface area contributed by atoms with Crippen LogP contribution in [0.4, 0.5) is 5.69 Å². The summed E-state index contributed by atoms with van der Waals surface area (Å²) >= 11 is 6.33. The summed E-state index contributed by atoms with van der Waals surface area (Å²) in [6.45, 7) is 3.79. The quantitative estimate of drug-likeness (QED) is 0.311. The van der Waals surface area contributed by atoms with Gasteiger partial charge in [0.05, 0.1) is 23.7 Å². The number of aliphatic hydroxyl groups is 1. The molecule has 6 nitrogen and oxygen atoms in total. The van der Waals surface area contributed by atoms with Crippen LogP contribution in [0.15, 0.2) is 66.2 Å². The van der Waals surface area contributed by atoms with Crippen LogP contribution < -0.4 is 9.64 Å². The average molecular weight is 464 g/mol. The van der Waals surface area contributed by atoms with E-state index in [1.807, 2.05) is 26.0 Å². The molecule has 0 aromatic heterocycles. The van der Waals surface area contributed by atoms with E-state index in [0.29, 0.717) is 17.0 Å². The summed E-state index contributed by atoms with van der Waals surface area (Å²) in [7, 11) is 1.48. The molecule has 0 spiro atoms. The van der Waals surface area contributed by atoms with E-state index in [2.05, 4.69) is 0 Å². The molecule has 4 rings (SSSR count). The zero-order chi connectivity index (χ0) is 23.9. The SMILES string of the molecule is COc1ccc(Cl)c(/C(O)=C2\C(=O)C(=O)N(c3cccc(C)c3C)C2c2ccc(O)cc2)c1. The predicted octanol–water partition coefficient (Wildman–Crippen LogP) is 5.30. The summed E-state index contributed by atoms with van der Waals surface area (Å²) in [4.78, 5) is 28.0. The molecule has 1 aliphatic rings. The Morgan fingerprint density at radius 2 is 1.73 bits per heavy atom. The van der Waals surface area contributed by atoms with E-state index in [0.717, 1.165) is 11.1 Å². The molecule has 3 aromatic carbocycles. The van der Waals surface area contributed by atoms with Gasteiger partial charge in [-0.3, -0.25) is 14.5 Å². The number of anilines is 1. The molecule has 0 saturated carbocycles. The molecule has 1 saturated heterocycles. The van der Waals surface area contributed by atoms with Crippen molar-refractivity contribution in [3.63, 3.8) is 0 Å². The Morgan fingerprint density at radius 3 is 2.39 bits per heavy atom. The van der Waals surface area contributed by atoms with Crippen molar-refractivity contribution in [1.29, 1.82) is 0 Å². The summed E-state index contributed by atoms with van der Waals surface area (Å²) in [5.74, 6) is -1.51. The fraction of sp³-hybridized carbons (Fsp3) is 0.154. The highest BCUT2D eigenvalue weighted by Gasteiger charge is 2.47. The van der Waals surface area contributed by atoms with E-state index in [9.17, 15) is 19.8 Å². The molecule has 0 bridgehead atoms. The summed E-state index contributed by atoms with van der Waals surface area (Å²) in [5, 5.41) is 21.3. The normalized spacial score (nSPS) is 17.5. The van der Waals surface area contributed by atoms with Gasteiger partial charge in [0.15, 0.2) is 0 Å². The fourth-order valence-electron chi connectivity index (χ4n) is 4.01. The fourth-order valence-corrected chi connectivity index (χ4v) is 4.21. The van der Waals surface area contributed by atoms with Crippen molar-refractivity contribution >= 4 is 34.7 Å². The van der Waals surface area contributed by atoms with E-state index in [1.54, 1.807) is 30.3 Å². The zero-order valence-electron chi connectivity index (χ0n) is 18.3. The number of hydrogen-bond donors (Lipinski definition) is 2. The lowest BCUT2D eigenvalue weighted by molar-refractivity contribution is -0.132. The second kappa shape index (κ2) is 8.64. The summed E-state index contributed by atoms with van der Waals surface area (Å²) in [6.07, 6.45) is 0. The minimum absolute atomic E-state index is 0.0401. The van der Waals surface area contributed by atoms with Crippen LogP contribution in [0.3, 0.4) is 0 Å². The van der Waals surface area contributed by atoms with Crippen molar-refractivity contribution in [3.05, 3.63) is 93.5 Å². The number of Topliss-reactive ketones (excluding diaryl/α,β-unsaturated/α-hetero) is 1. The number of carbonyl (C=O) groups is 2. The summed E-state index contributed by atoms with van der Waals surface area (Å²) in [6, 6.07) is 15.4. The molecule has 2 N–H and O–H groups in total. The second-order valence-electron chi connectivity index (χ2n) is 7.83. The number of phenolic OH excluding ortho intramolecular Hbond substituents is 1. The predicted molar refractivity (Wildman–Crippen MR) is 127 cm³/mol. The van der Waals surface area contributed by atoms with Crippen LogP contribution in [-0.4, -0.2) is 29.0 Å². The van der Waals surface area contributed by atoms with E-state index in [-0.39, 0.29) is 21.9 Å². The number of rotatable bonds is 4. The van der Waals surface area contributed by atoms with Crippen molar-refractivity contribution in [3.8, 4) is 11.5 Å². The molecular weight excluding hydrogens is 442 g/mol. The molecule has 1 aliphatic heterocycles. The van der Waals surface area contributed by atoms with Gasteiger partial charge in [-0.1, -0.05) is 35.9 Å². The molecule has 1 atom stereocenters. The lowest BCUT2D eigenvalue weighted by atomic mass is 9.94. The van der Waals surface area contributed by atoms with Gasteiger partial charge in [0.2, 0.25) is 0 Å². The van der Waals surface area contributed by atoms with E-state index in [4.69, 9.17) is 16.3 Å². The van der Waals surface area contributed by atoms with Crippen molar-refractivity contribution in [1.82, 2.24) is 0 Å². The Balaban J connectivity index is 2.01. The standard InChI is InChI=1S/C26H22ClNO5/c1-14-5-4-6-21(15(14)2)28-23(16-7-9-17(29)10-8-16)22(25(31)26(28)32)24(30)19-13-18(33-3)11-12-20(19)27/h4-13,23,29-30H,1-3H3/b24-22+. The number of halogens is 1. The number of aliphatic hydroxyl groups excluding tert-OH is 1. The number of carbonyl (C=O) groups excluding carboxylic acids is 2. The maximum absolute atomic E-state index is 13.3. The van der Waals surface area contributed by atoms with Crippen LogP contribution >= 0.6 is 11.6 Å². The van der Waals surface area contributed by atoms with Crippen LogP contribution in [0.25, 0.3) is 5.76 Å². The second-order valence-corrected chi connectivity index (χ2v) is 8.23. The number of amides is 1. The first kappa shape index (κ1) is 22.4. The third-order valence-electron chi connectivity index (χ3n) is 5.92. The number of ketones is 1. The van der Waals surface area contributed by atoms with Crippen LogP contribution in [0.1, 0.15) is 28.3 Å². The monoisotopic (exact) mass is 463 g/mol. The molecule has 0 radical (unpaired) electrons. The van der Waals surface area contributed by atoms with Crippen LogP contribution in [0.2, 0.25) is 5.02 Å². The Labute approximate surface area is 196 Å². The van der Waals surface area contributed by atoms with Crippen molar-refractivity contribution in [2.45, 2.75) is 19.9 Å². The highest BCUT2D eigenvalue weighted by atomic mass is 35.5. The number of nitrogens with zero attached hydrogens (tertiary/aromatic N) is 1. The summed E-state index contributed by atoms with van der Waals surface area (Å²) < 4.78 is 5.23. The van der Waals surface area contributed by atoms with Crippen molar-refractivity contribution in [2.75, 3.05) is 12.0 Å². The van der Waals surface area contributed by atoms with Gasteiger partial charge in [0.1, 0.15) is 17.3 Å². The molecular formula is C26H22ClNO5. The third-order valence-corrected chi connectivity index (χ3v) is 6.25. The molecule has 0 aliphatic carbocycles. The molecule has 1 heterocycles. The Hall–Kier alpha value is -3.77. The van der Waals surface area contributed by atoms with E-state index in [1.165, 1.54) is 30.2 Å². The van der Waals surface area contributed by atoms with Gasteiger partial charge in [0, 0.05) is 11.3 Å². The largest absolute Gasteiger partial charge is 0.508 e. The van der Waals surface area contributed by atoms with Gasteiger partial charge < -0.3 is 14.9 Å². The highest BCUT2D eigenvalue weighted by molar-refractivity contribution is 6.52. The van der Waals surface area contributed by atoms with Crippen molar-refractivity contribution < 1.29 is 24.5 Å². The first-order chi connectivity index (χ1) is 15.7. The number of aryl methyl sites for hydroxylation is 1. The Kier molecular flexibility index (Phi) is 5.87. The first-order valence-electron chi connectivity index (χ1n) is 10.2. The third kappa shape index (κ3) is 3.83.